The number of benzene rings is 4. The molecular formula is C47H39N3. The number of hydrogen-bond acceptors (Lipinski definition) is 3. The summed E-state index contributed by atoms with van der Waals surface area (Å²) in [4.78, 5) is 10.4. The molecule has 0 amide bonds. The molecule has 9 rings (SSSR count). The molecule has 0 bridgehead atoms. The van der Waals surface area contributed by atoms with Gasteiger partial charge in [-0.3, -0.25) is 0 Å². The summed E-state index contributed by atoms with van der Waals surface area (Å²) in [6, 6.07) is 37.5. The van der Waals surface area contributed by atoms with E-state index in [2.05, 4.69) is 134 Å². The minimum atomic E-state index is 0.00704. The summed E-state index contributed by atoms with van der Waals surface area (Å²) >= 11 is 0. The van der Waals surface area contributed by atoms with Gasteiger partial charge in [0.15, 0.2) is 0 Å². The lowest BCUT2D eigenvalue weighted by Gasteiger charge is -2.36. The topological polar surface area (TPSA) is 49.6 Å². The van der Waals surface area contributed by atoms with Gasteiger partial charge in [0.05, 0.1) is 23.0 Å². The zero-order chi connectivity index (χ0) is 33.5. The normalized spacial score (nSPS) is 18.6. The fraction of sp³-hybridized carbons (Fsp3) is 0.213. The van der Waals surface area contributed by atoms with Crippen LogP contribution in [0.2, 0.25) is 0 Å². The van der Waals surface area contributed by atoms with Crippen LogP contribution in [0.1, 0.15) is 91.1 Å². The average molecular weight is 646 g/mol. The van der Waals surface area contributed by atoms with E-state index in [-0.39, 0.29) is 11.3 Å². The summed E-state index contributed by atoms with van der Waals surface area (Å²) in [6.45, 7) is 0. The van der Waals surface area contributed by atoms with Crippen molar-refractivity contribution in [2.24, 2.45) is 0 Å². The van der Waals surface area contributed by atoms with Crippen molar-refractivity contribution in [3.63, 3.8) is 0 Å². The molecule has 3 nitrogen and oxygen atoms in total. The van der Waals surface area contributed by atoms with Crippen LogP contribution in [0.4, 0.5) is 0 Å². The molecule has 1 saturated carbocycles. The van der Waals surface area contributed by atoms with Gasteiger partial charge in [0.1, 0.15) is 5.82 Å². The molecule has 0 aliphatic heterocycles. The maximum Gasteiger partial charge on any atom is 0.136 e. The Kier molecular flexibility index (Phi) is 7.74. The van der Waals surface area contributed by atoms with Gasteiger partial charge in [-0.25, -0.2) is 9.97 Å². The highest BCUT2D eigenvalue weighted by molar-refractivity contribution is 5.93. The van der Waals surface area contributed by atoms with E-state index >= 15 is 0 Å². The summed E-state index contributed by atoms with van der Waals surface area (Å²) in [5, 5.41) is 9.79. The van der Waals surface area contributed by atoms with Crippen LogP contribution in [0.25, 0.3) is 44.7 Å². The van der Waals surface area contributed by atoms with Crippen LogP contribution >= 0.6 is 0 Å². The van der Waals surface area contributed by atoms with Crippen LogP contribution in [0.5, 0.6) is 0 Å². The first-order valence-corrected chi connectivity index (χ1v) is 18.2. The summed E-state index contributed by atoms with van der Waals surface area (Å²) in [6.07, 6.45) is 22.1. The minimum Gasteiger partial charge on any atom is -0.233 e. The fourth-order valence-electron chi connectivity index (χ4n) is 8.83. The van der Waals surface area contributed by atoms with Crippen molar-refractivity contribution in [1.29, 1.82) is 5.26 Å². The molecule has 4 aliphatic carbocycles. The number of nitriles is 1. The van der Waals surface area contributed by atoms with Crippen LogP contribution < -0.4 is 0 Å². The van der Waals surface area contributed by atoms with E-state index in [0.717, 1.165) is 60.4 Å². The standard InChI is InChI=1S/C47H39N3/c48-31-32-17-26-40-42(29-32)47(27-8-3-9-28-47)41-16-10-15-39(45(40)41)35-20-24-37(25-21-35)44-30-43(49-46(50-44)38-13-6-2-7-14-38)36-22-18-34(19-23-36)33-11-4-1-5-12-33/h1-2,4-7,10-13,15-18,20-22,24-26,29-30,38H,3,8-9,14,19,23,27-28H2. The first kappa shape index (κ1) is 30.5. The summed E-state index contributed by atoms with van der Waals surface area (Å²) in [7, 11) is 0. The first-order chi connectivity index (χ1) is 24.7. The minimum absolute atomic E-state index is 0.00704. The lowest BCUT2D eigenvalue weighted by Crippen LogP contribution is -2.28. The summed E-state index contributed by atoms with van der Waals surface area (Å²) < 4.78 is 0. The third-order valence-electron chi connectivity index (χ3n) is 11.4. The van der Waals surface area contributed by atoms with Gasteiger partial charge in [-0.1, -0.05) is 135 Å². The number of nitrogens with zero attached hydrogens (tertiary/aromatic N) is 3. The van der Waals surface area contributed by atoms with Crippen molar-refractivity contribution in [2.75, 3.05) is 0 Å². The Bertz CT molecular complexity index is 2270. The Balaban J connectivity index is 1.10. The number of allylic oxidation sites excluding steroid dienone is 8. The van der Waals surface area contributed by atoms with Crippen molar-refractivity contribution < 1.29 is 0 Å². The number of rotatable bonds is 5. The third-order valence-corrected chi connectivity index (χ3v) is 11.4. The predicted molar refractivity (Wildman–Crippen MR) is 204 cm³/mol. The van der Waals surface area contributed by atoms with Crippen molar-refractivity contribution in [1.82, 2.24) is 9.97 Å². The fourth-order valence-corrected chi connectivity index (χ4v) is 8.83. The van der Waals surface area contributed by atoms with Crippen LogP contribution in [-0.4, -0.2) is 9.97 Å². The molecule has 1 aromatic heterocycles. The highest BCUT2D eigenvalue weighted by Crippen LogP contribution is 2.58. The molecule has 0 saturated heterocycles. The van der Waals surface area contributed by atoms with Gasteiger partial charge in [0.2, 0.25) is 0 Å². The van der Waals surface area contributed by atoms with Crippen molar-refractivity contribution in [3.8, 4) is 39.6 Å². The average Bonchev–Trinajstić information content (AvgIpc) is 3.46. The van der Waals surface area contributed by atoms with E-state index in [1.807, 2.05) is 6.07 Å². The van der Waals surface area contributed by atoms with Gasteiger partial charge in [-0.2, -0.15) is 5.26 Å². The van der Waals surface area contributed by atoms with Crippen molar-refractivity contribution >= 4 is 11.1 Å². The molecule has 3 heteroatoms. The van der Waals surface area contributed by atoms with Crippen LogP contribution in [0, 0.1) is 11.3 Å². The van der Waals surface area contributed by atoms with Gasteiger partial charge in [0, 0.05) is 16.9 Å². The van der Waals surface area contributed by atoms with E-state index < -0.39 is 0 Å². The highest BCUT2D eigenvalue weighted by atomic mass is 14.9. The largest absolute Gasteiger partial charge is 0.233 e. The Labute approximate surface area is 295 Å². The molecule has 50 heavy (non-hydrogen) atoms. The molecule has 1 heterocycles. The van der Waals surface area contributed by atoms with Gasteiger partial charge < -0.3 is 0 Å². The van der Waals surface area contributed by atoms with Crippen LogP contribution in [-0.2, 0) is 5.41 Å². The maximum atomic E-state index is 9.79. The number of aromatic nitrogens is 2. The highest BCUT2D eigenvalue weighted by Gasteiger charge is 2.44. The second-order valence-corrected chi connectivity index (χ2v) is 14.2. The van der Waals surface area contributed by atoms with E-state index in [4.69, 9.17) is 9.97 Å². The molecule has 242 valence electrons. The molecule has 5 aromatic rings. The molecule has 4 aromatic carbocycles. The van der Waals surface area contributed by atoms with Crippen molar-refractivity contribution in [2.45, 2.75) is 62.7 Å². The predicted octanol–water partition coefficient (Wildman–Crippen LogP) is 11.8. The van der Waals surface area contributed by atoms with Crippen LogP contribution in [0.3, 0.4) is 0 Å². The van der Waals surface area contributed by atoms with Gasteiger partial charge in [-0.05, 0) is 100 Å². The monoisotopic (exact) mass is 645 g/mol. The quantitative estimate of drug-likeness (QED) is 0.191. The van der Waals surface area contributed by atoms with E-state index in [0.29, 0.717) is 0 Å². The molecule has 0 N–H and O–H groups in total. The van der Waals surface area contributed by atoms with Gasteiger partial charge in [0.25, 0.3) is 0 Å². The third kappa shape index (κ3) is 5.28. The van der Waals surface area contributed by atoms with Crippen molar-refractivity contribution in [3.05, 3.63) is 167 Å². The Morgan fingerprint density at radius 3 is 2.18 bits per heavy atom. The number of hydrogen-bond donors (Lipinski definition) is 0. The lowest BCUT2D eigenvalue weighted by atomic mass is 9.67. The van der Waals surface area contributed by atoms with E-state index in [1.54, 1.807) is 0 Å². The molecule has 1 atom stereocenters. The van der Waals surface area contributed by atoms with Crippen LogP contribution in [0.15, 0.2) is 134 Å². The second-order valence-electron chi connectivity index (χ2n) is 14.2. The Hall–Kier alpha value is -5.59. The molecule has 1 spiro atoms. The molecule has 1 unspecified atom stereocenters. The zero-order valence-corrected chi connectivity index (χ0v) is 28.3. The molecular weight excluding hydrogens is 607 g/mol. The zero-order valence-electron chi connectivity index (χ0n) is 28.3. The summed E-state index contributed by atoms with van der Waals surface area (Å²) in [5.41, 5.74) is 15.7. The van der Waals surface area contributed by atoms with Gasteiger partial charge in [-0.15, -0.1) is 0 Å². The second kappa shape index (κ2) is 12.7. The molecule has 4 aliphatic rings. The van der Waals surface area contributed by atoms with E-state index in [9.17, 15) is 5.26 Å². The summed E-state index contributed by atoms with van der Waals surface area (Å²) in [5.74, 6) is 1.05. The van der Waals surface area contributed by atoms with Gasteiger partial charge >= 0.3 is 0 Å². The molecule has 0 radical (unpaired) electrons. The maximum absolute atomic E-state index is 9.79. The Morgan fingerprint density at radius 1 is 0.640 bits per heavy atom. The van der Waals surface area contributed by atoms with E-state index in [1.165, 1.54) is 69.4 Å². The number of fused-ring (bicyclic) bond motifs is 5. The SMILES string of the molecule is N#Cc1ccc2c(c1)C1(CCCCC1)c1cccc(-c3ccc(-c4cc(C5=CC=C(c6ccccc6)CC5)nc(C5C=CC=CC5)n4)cc3)c1-2. The lowest BCUT2D eigenvalue weighted by molar-refractivity contribution is 0.353. The first-order valence-electron chi connectivity index (χ1n) is 18.2. The Morgan fingerprint density at radius 2 is 1.42 bits per heavy atom. The molecule has 1 fully saturated rings. The smallest absolute Gasteiger partial charge is 0.136 e.